The number of hydrogen-bond acceptors (Lipinski definition) is 4. The van der Waals surface area contributed by atoms with Gasteiger partial charge in [0.15, 0.2) is 5.96 Å². The molecule has 1 saturated heterocycles. The molecule has 0 unspecified atom stereocenters. The van der Waals surface area contributed by atoms with Gasteiger partial charge in [-0.3, -0.25) is 19.7 Å². The van der Waals surface area contributed by atoms with Crippen LogP contribution in [0.3, 0.4) is 0 Å². The number of rotatable bonds is 8. The third kappa shape index (κ3) is 7.95. The smallest absolute Gasteiger partial charge is 0.234 e. The van der Waals surface area contributed by atoms with Crippen molar-refractivity contribution in [2.75, 3.05) is 39.8 Å². The number of hydrogen-bond donors (Lipinski definition) is 3. The van der Waals surface area contributed by atoms with E-state index in [1.165, 1.54) is 5.56 Å². The van der Waals surface area contributed by atoms with Crippen LogP contribution >= 0.6 is 0 Å². The standard InChI is InChI=1S/C20H34N6O/c1-4-10-22-19(27)15-26-12-8-18(9-13-26)25-20(21-3)23-11-7-17-6-5-16(2)24-14-17/h5-6,14,18H,4,7-13,15H2,1-3H3,(H,22,27)(H2,21,23,25). The molecule has 0 bridgehead atoms. The minimum absolute atomic E-state index is 0.131. The second-order valence-electron chi connectivity index (χ2n) is 7.10. The van der Waals surface area contributed by atoms with E-state index in [1.807, 2.05) is 19.2 Å². The van der Waals surface area contributed by atoms with Crippen LogP contribution in [0.5, 0.6) is 0 Å². The molecule has 2 heterocycles. The quantitative estimate of drug-likeness (QED) is 0.469. The third-order valence-electron chi connectivity index (χ3n) is 4.77. The molecule has 3 N–H and O–H groups in total. The first-order valence-electron chi connectivity index (χ1n) is 9.98. The molecule has 150 valence electrons. The average molecular weight is 375 g/mol. The van der Waals surface area contributed by atoms with E-state index < -0.39 is 0 Å². The van der Waals surface area contributed by atoms with E-state index in [1.54, 1.807) is 7.05 Å². The van der Waals surface area contributed by atoms with Crippen LogP contribution in [0.2, 0.25) is 0 Å². The molecule has 7 nitrogen and oxygen atoms in total. The molecule has 1 aliphatic rings. The van der Waals surface area contributed by atoms with Crippen molar-refractivity contribution in [3.63, 3.8) is 0 Å². The number of aromatic nitrogens is 1. The largest absolute Gasteiger partial charge is 0.356 e. The predicted molar refractivity (Wildman–Crippen MR) is 110 cm³/mol. The summed E-state index contributed by atoms with van der Waals surface area (Å²) in [5.41, 5.74) is 2.26. The molecule has 0 saturated carbocycles. The lowest BCUT2D eigenvalue weighted by atomic mass is 10.1. The Morgan fingerprint density at radius 1 is 1.26 bits per heavy atom. The van der Waals surface area contributed by atoms with E-state index in [9.17, 15) is 4.79 Å². The Kier molecular flexibility index (Phi) is 9.04. The average Bonchev–Trinajstić information content (AvgIpc) is 2.68. The number of guanidine groups is 1. The minimum Gasteiger partial charge on any atom is -0.356 e. The van der Waals surface area contributed by atoms with Crippen LogP contribution in [0.25, 0.3) is 0 Å². The number of nitrogens with one attached hydrogen (secondary N) is 3. The first-order valence-corrected chi connectivity index (χ1v) is 9.98. The van der Waals surface area contributed by atoms with Crippen LogP contribution in [0.15, 0.2) is 23.3 Å². The zero-order valence-electron chi connectivity index (χ0n) is 16.9. The summed E-state index contributed by atoms with van der Waals surface area (Å²) in [7, 11) is 1.80. The van der Waals surface area contributed by atoms with Gasteiger partial charge in [0, 0.05) is 51.2 Å². The molecule has 1 aliphatic heterocycles. The Bertz CT molecular complexity index is 593. The molecular weight excluding hydrogens is 340 g/mol. The van der Waals surface area contributed by atoms with Crippen LogP contribution in [0.4, 0.5) is 0 Å². The summed E-state index contributed by atoms with van der Waals surface area (Å²) >= 11 is 0. The van der Waals surface area contributed by atoms with Crippen LogP contribution in [-0.2, 0) is 11.2 Å². The first kappa shape index (κ1) is 21.2. The number of carbonyl (C=O) groups excluding carboxylic acids is 1. The fourth-order valence-corrected chi connectivity index (χ4v) is 3.12. The summed E-state index contributed by atoms with van der Waals surface area (Å²) in [5.74, 6) is 0.973. The molecule has 2 rings (SSSR count). The van der Waals surface area contributed by atoms with Gasteiger partial charge in [-0.1, -0.05) is 13.0 Å². The molecule has 0 atom stereocenters. The van der Waals surface area contributed by atoms with Crippen molar-refractivity contribution in [1.29, 1.82) is 0 Å². The fourth-order valence-electron chi connectivity index (χ4n) is 3.12. The monoisotopic (exact) mass is 374 g/mol. The summed E-state index contributed by atoms with van der Waals surface area (Å²) < 4.78 is 0. The zero-order valence-corrected chi connectivity index (χ0v) is 16.9. The molecule has 0 aliphatic carbocycles. The number of nitrogens with zero attached hydrogens (tertiary/aromatic N) is 3. The van der Waals surface area contributed by atoms with Crippen LogP contribution in [0.1, 0.15) is 37.4 Å². The summed E-state index contributed by atoms with van der Waals surface area (Å²) in [4.78, 5) is 22.7. The van der Waals surface area contributed by atoms with E-state index in [-0.39, 0.29) is 5.91 Å². The topological polar surface area (TPSA) is 81.7 Å². The Labute approximate surface area is 163 Å². The highest BCUT2D eigenvalue weighted by Crippen LogP contribution is 2.09. The van der Waals surface area contributed by atoms with Crippen molar-refractivity contribution in [2.45, 2.75) is 45.6 Å². The van der Waals surface area contributed by atoms with Crippen molar-refractivity contribution in [3.8, 4) is 0 Å². The van der Waals surface area contributed by atoms with Gasteiger partial charge in [-0.05, 0) is 44.2 Å². The Morgan fingerprint density at radius 3 is 2.67 bits per heavy atom. The van der Waals surface area contributed by atoms with Gasteiger partial charge in [0.25, 0.3) is 0 Å². The van der Waals surface area contributed by atoms with Gasteiger partial charge >= 0.3 is 0 Å². The Morgan fingerprint density at radius 2 is 2.04 bits per heavy atom. The second kappa shape index (κ2) is 11.5. The van der Waals surface area contributed by atoms with E-state index in [0.29, 0.717) is 12.6 Å². The molecule has 0 radical (unpaired) electrons. The van der Waals surface area contributed by atoms with Gasteiger partial charge in [0.1, 0.15) is 0 Å². The lowest BCUT2D eigenvalue weighted by Gasteiger charge is -2.32. The Balaban J connectivity index is 1.65. The summed E-state index contributed by atoms with van der Waals surface area (Å²) in [5, 5.41) is 9.83. The molecule has 1 aromatic rings. The fraction of sp³-hybridized carbons (Fsp3) is 0.650. The number of amides is 1. The lowest BCUT2D eigenvalue weighted by Crippen LogP contribution is -2.50. The van der Waals surface area contributed by atoms with Crippen molar-refractivity contribution in [3.05, 3.63) is 29.6 Å². The maximum absolute atomic E-state index is 11.8. The van der Waals surface area contributed by atoms with Gasteiger partial charge in [-0.15, -0.1) is 0 Å². The van der Waals surface area contributed by atoms with E-state index in [2.05, 4.69) is 43.8 Å². The molecule has 27 heavy (non-hydrogen) atoms. The number of pyridine rings is 1. The van der Waals surface area contributed by atoms with Gasteiger partial charge in [-0.25, -0.2) is 0 Å². The van der Waals surface area contributed by atoms with Crippen molar-refractivity contribution in [1.82, 2.24) is 25.8 Å². The van der Waals surface area contributed by atoms with Gasteiger partial charge in [-0.2, -0.15) is 0 Å². The molecule has 1 amide bonds. The van der Waals surface area contributed by atoms with Gasteiger partial charge < -0.3 is 16.0 Å². The molecule has 0 aromatic carbocycles. The van der Waals surface area contributed by atoms with Crippen LogP contribution in [0, 0.1) is 6.92 Å². The molecular formula is C20H34N6O. The maximum Gasteiger partial charge on any atom is 0.234 e. The maximum atomic E-state index is 11.8. The number of aryl methyl sites for hydroxylation is 1. The van der Waals surface area contributed by atoms with Crippen molar-refractivity contribution < 1.29 is 4.79 Å². The molecule has 1 fully saturated rings. The highest BCUT2D eigenvalue weighted by atomic mass is 16.2. The Hall–Kier alpha value is -2.15. The van der Waals surface area contributed by atoms with Gasteiger partial charge in [0.2, 0.25) is 5.91 Å². The highest BCUT2D eigenvalue weighted by molar-refractivity contribution is 5.80. The summed E-state index contributed by atoms with van der Waals surface area (Å²) in [6.07, 6.45) is 5.86. The number of likely N-dealkylation sites (tertiary alicyclic amines) is 1. The third-order valence-corrected chi connectivity index (χ3v) is 4.77. The highest BCUT2D eigenvalue weighted by Gasteiger charge is 2.21. The molecule has 0 spiro atoms. The predicted octanol–water partition coefficient (Wildman–Crippen LogP) is 1.09. The van der Waals surface area contributed by atoms with Crippen molar-refractivity contribution >= 4 is 11.9 Å². The lowest BCUT2D eigenvalue weighted by molar-refractivity contribution is -0.122. The van der Waals surface area contributed by atoms with Gasteiger partial charge in [0.05, 0.1) is 6.54 Å². The molecule has 1 aromatic heterocycles. The van der Waals surface area contributed by atoms with E-state index >= 15 is 0 Å². The first-order chi connectivity index (χ1) is 13.1. The van der Waals surface area contributed by atoms with Crippen molar-refractivity contribution in [2.24, 2.45) is 4.99 Å². The van der Waals surface area contributed by atoms with Crippen LogP contribution in [-0.4, -0.2) is 67.6 Å². The second-order valence-corrected chi connectivity index (χ2v) is 7.10. The summed E-state index contributed by atoms with van der Waals surface area (Å²) in [6.45, 7) is 8.02. The number of aliphatic imine (C=N–C) groups is 1. The van der Waals surface area contributed by atoms with E-state index in [0.717, 1.165) is 63.5 Å². The summed E-state index contributed by atoms with van der Waals surface area (Å²) in [6, 6.07) is 4.55. The van der Waals surface area contributed by atoms with E-state index in [4.69, 9.17) is 0 Å². The van der Waals surface area contributed by atoms with Crippen LogP contribution < -0.4 is 16.0 Å². The zero-order chi connectivity index (χ0) is 19.5. The number of carbonyl (C=O) groups is 1. The minimum atomic E-state index is 0.131. The number of piperidine rings is 1. The molecule has 7 heteroatoms. The SMILES string of the molecule is CCCNC(=O)CN1CCC(NC(=NC)NCCc2ccc(C)nc2)CC1. The normalized spacial score (nSPS) is 16.2.